The highest BCUT2D eigenvalue weighted by Gasteiger charge is 2.49. The van der Waals surface area contributed by atoms with E-state index in [1.807, 2.05) is 0 Å². The third-order valence-electron chi connectivity index (χ3n) is 8.17. The maximum Gasteiger partial charge on any atom is 0.490 e. The smallest absolute Gasteiger partial charge is 0.387 e. The van der Waals surface area contributed by atoms with Gasteiger partial charge in [0.25, 0.3) is 11.1 Å². The summed E-state index contributed by atoms with van der Waals surface area (Å²) < 4.78 is 74.2. The molecule has 2 aliphatic heterocycles. The molecule has 26 nitrogen and oxygen atoms in total. The number of H-pyrrole nitrogens is 2. The molecule has 0 spiro atoms. The maximum atomic E-state index is 12.6. The minimum absolute atomic E-state index is 0.0344. The lowest BCUT2D eigenvalue weighted by Gasteiger charge is -2.22. The molecular formula is C24H33N8O18P3. The number of aryl methyl sites for hydroxylation is 1. The summed E-state index contributed by atoms with van der Waals surface area (Å²) in [5.74, 6) is -0.493. The van der Waals surface area contributed by atoms with Crippen LogP contribution in [0.1, 0.15) is 18.0 Å². The summed E-state index contributed by atoms with van der Waals surface area (Å²) >= 11 is 0. The Hall–Kier alpha value is -3.39. The first-order valence-corrected chi connectivity index (χ1v) is 19.5. The summed E-state index contributed by atoms with van der Waals surface area (Å²) in [6.45, 7) is -0.404. The van der Waals surface area contributed by atoms with Crippen LogP contribution in [0.4, 0.5) is 11.9 Å². The second-order valence-electron chi connectivity index (χ2n) is 11.7. The molecule has 0 aliphatic carbocycles. The molecule has 4 aromatic rings. The van der Waals surface area contributed by atoms with Crippen molar-refractivity contribution < 1.29 is 75.6 Å². The molecule has 29 heteroatoms. The molecule has 292 valence electrons. The highest BCUT2D eigenvalue weighted by molar-refractivity contribution is 7.66. The van der Waals surface area contributed by atoms with Gasteiger partial charge in [0.05, 0.1) is 24.0 Å². The average Bonchev–Trinajstić information content (AvgIpc) is 3.76. The van der Waals surface area contributed by atoms with E-state index in [-0.39, 0.29) is 34.0 Å². The Morgan fingerprint density at radius 3 is 1.98 bits per heavy atom. The number of rotatable bonds is 13. The molecule has 0 aromatic carbocycles. The third-order valence-corrected chi connectivity index (χ3v) is 12.4. The minimum Gasteiger partial charge on any atom is -0.387 e. The standard InChI is InChI=1S/C24H33N8O18P3/c1-8-5-32(18-12(8)20(37)30-24(26)28-18)22-15(35)16(44-2)11(48-22)7-46-52(40,41)50-53(42,43)49-51(38,39)45-6-10-13(33)14(34)21(47-10)31-4-3-9-17(31)27-23(25)29-19(9)36/h3-5,10-11,13-16,21-22,33-35H,6-7H2,1-2H3,(H,38,39)(H,40,41)(H,42,43)(H3,25,27,29,36)(H3,26,28,30,37)/t10-,11-,13?,14+,15?,16?,21-,22-/m1/s1. The van der Waals surface area contributed by atoms with Gasteiger partial charge in [0.1, 0.15) is 36.6 Å². The Labute approximate surface area is 294 Å². The van der Waals surface area contributed by atoms with E-state index in [4.69, 9.17) is 30.2 Å². The van der Waals surface area contributed by atoms with Crippen LogP contribution in [0.15, 0.2) is 28.0 Å². The lowest BCUT2D eigenvalue weighted by atomic mass is 10.1. The number of nitrogens with two attached hydrogens (primary N) is 2. The molecule has 0 radical (unpaired) electrons. The first kappa shape index (κ1) is 39.3. The SMILES string of the molecule is COC1C(O)[C@H](n2cc(C)c3c(=O)[nH]c(N)nc32)O[C@@H]1COP(=O)(O)OP(=O)(O)OP(=O)(O)OC[C@H]1O[C@@H](n2ccc3c(=O)[nH]c(N)nc32)[C@@H](O)C1O. The van der Waals surface area contributed by atoms with Gasteiger partial charge in [-0.05, 0) is 18.6 Å². The molecule has 6 rings (SSSR count). The Kier molecular flexibility index (Phi) is 10.6. The molecule has 0 bridgehead atoms. The summed E-state index contributed by atoms with van der Waals surface area (Å²) in [6, 6.07) is 1.33. The summed E-state index contributed by atoms with van der Waals surface area (Å²) in [6.07, 6.45) is -9.17. The Morgan fingerprint density at radius 1 is 0.811 bits per heavy atom. The van der Waals surface area contributed by atoms with Crippen molar-refractivity contribution in [2.45, 2.75) is 56.0 Å². The van der Waals surface area contributed by atoms with Crippen molar-refractivity contribution in [2.24, 2.45) is 0 Å². The number of nitrogen functional groups attached to an aromatic ring is 2. The van der Waals surface area contributed by atoms with Gasteiger partial charge >= 0.3 is 23.5 Å². The second-order valence-corrected chi connectivity index (χ2v) is 16.4. The van der Waals surface area contributed by atoms with Crippen LogP contribution in [0.5, 0.6) is 0 Å². The summed E-state index contributed by atoms with van der Waals surface area (Å²) in [5.41, 5.74) is 10.5. The van der Waals surface area contributed by atoms with E-state index >= 15 is 0 Å². The van der Waals surface area contributed by atoms with E-state index in [0.717, 1.165) is 4.57 Å². The number of phosphoric acid groups is 3. The number of aromatic amines is 2. The monoisotopic (exact) mass is 814 g/mol. The van der Waals surface area contributed by atoms with Crippen molar-refractivity contribution in [3.63, 3.8) is 0 Å². The van der Waals surface area contributed by atoms with E-state index in [2.05, 4.69) is 33.1 Å². The third kappa shape index (κ3) is 7.90. The molecule has 6 unspecified atom stereocenters. The molecule has 0 saturated carbocycles. The molecule has 11 atom stereocenters. The van der Waals surface area contributed by atoms with Crippen LogP contribution in [0, 0.1) is 6.92 Å². The van der Waals surface area contributed by atoms with Gasteiger partial charge in [-0.2, -0.15) is 18.6 Å². The number of methoxy groups -OCH3 is 1. The molecule has 2 fully saturated rings. The number of ether oxygens (including phenoxy) is 3. The number of nitrogens with one attached hydrogen (secondary N) is 2. The van der Waals surface area contributed by atoms with E-state index < -0.39 is 96.9 Å². The van der Waals surface area contributed by atoms with Gasteiger partial charge in [-0.3, -0.25) is 28.6 Å². The number of aliphatic hydroxyl groups is 3. The molecule has 6 heterocycles. The number of nitrogens with zero attached hydrogens (tertiary/aromatic N) is 4. The van der Waals surface area contributed by atoms with Crippen molar-refractivity contribution >= 4 is 57.4 Å². The molecule has 12 N–H and O–H groups in total. The topological polar surface area (TPSA) is 391 Å². The van der Waals surface area contributed by atoms with Crippen LogP contribution in [-0.2, 0) is 45.6 Å². The minimum atomic E-state index is -5.97. The highest BCUT2D eigenvalue weighted by atomic mass is 31.3. The summed E-state index contributed by atoms with van der Waals surface area (Å²) in [5, 5.41) is 32.2. The number of phosphoric ester groups is 2. The van der Waals surface area contributed by atoms with Crippen molar-refractivity contribution in [1.82, 2.24) is 29.1 Å². The van der Waals surface area contributed by atoms with Crippen LogP contribution in [0.25, 0.3) is 22.1 Å². The number of hydrogen-bond donors (Lipinski definition) is 10. The van der Waals surface area contributed by atoms with Gasteiger partial charge < -0.3 is 64.8 Å². The largest absolute Gasteiger partial charge is 0.490 e. The summed E-state index contributed by atoms with van der Waals surface area (Å²) in [4.78, 5) is 67.5. The van der Waals surface area contributed by atoms with Crippen molar-refractivity contribution in [3.8, 4) is 0 Å². The Bertz CT molecular complexity index is 2290. The molecule has 2 saturated heterocycles. The van der Waals surface area contributed by atoms with Crippen LogP contribution < -0.4 is 22.6 Å². The number of anilines is 2. The first-order chi connectivity index (χ1) is 24.7. The zero-order valence-corrected chi connectivity index (χ0v) is 29.8. The zero-order valence-electron chi connectivity index (χ0n) is 27.1. The zero-order chi connectivity index (χ0) is 38.8. The number of fused-ring (bicyclic) bond motifs is 2. The van der Waals surface area contributed by atoms with E-state index in [9.17, 15) is 53.3 Å². The van der Waals surface area contributed by atoms with E-state index in [1.54, 1.807) is 6.92 Å². The van der Waals surface area contributed by atoms with E-state index in [0.29, 0.717) is 5.56 Å². The molecular weight excluding hydrogens is 781 g/mol. The van der Waals surface area contributed by atoms with Crippen molar-refractivity contribution in [1.29, 1.82) is 0 Å². The summed E-state index contributed by atoms with van der Waals surface area (Å²) in [7, 11) is -16.1. The van der Waals surface area contributed by atoms with Crippen LogP contribution in [-0.4, -0.2) is 116 Å². The fourth-order valence-corrected chi connectivity index (χ4v) is 9.47. The molecule has 53 heavy (non-hydrogen) atoms. The lowest BCUT2D eigenvalue weighted by Crippen LogP contribution is -2.35. The first-order valence-electron chi connectivity index (χ1n) is 15.0. The fourth-order valence-electron chi connectivity index (χ4n) is 5.94. The van der Waals surface area contributed by atoms with Crippen molar-refractivity contribution in [2.75, 3.05) is 31.8 Å². The average molecular weight is 814 g/mol. The molecule has 2 aliphatic rings. The number of hydrogen-bond acceptors (Lipinski definition) is 19. The van der Waals surface area contributed by atoms with E-state index in [1.165, 1.54) is 30.1 Å². The van der Waals surface area contributed by atoms with Crippen LogP contribution in [0.2, 0.25) is 0 Å². The highest BCUT2D eigenvalue weighted by Crippen LogP contribution is 2.68. The predicted molar refractivity (Wildman–Crippen MR) is 174 cm³/mol. The predicted octanol–water partition coefficient (Wildman–Crippen LogP) is -1.80. The lowest BCUT2D eigenvalue weighted by molar-refractivity contribution is -0.0527. The van der Waals surface area contributed by atoms with Gasteiger partial charge in [-0.1, -0.05) is 0 Å². The van der Waals surface area contributed by atoms with Crippen LogP contribution >= 0.6 is 23.5 Å². The second kappa shape index (κ2) is 14.4. The normalized spacial score (nSPS) is 29.7. The van der Waals surface area contributed by atoms with Gasteiger partial charge in [0, 0.05) is 19.5 Å². The number of aliphatic hydroxyl groups excluding tert-OH is 3. The van der Waals surface area contributed by atoms with Gasteiger partial charge in [-0.15, -0.1) is 0 Å². The van der Waals surface area contributed by atoms with Gasteiger partial charge in [-0.25, -0.2) is 13.7 Å². The Morgan fingerprint density at radius 2 is 1.36 bits per heavy atom. The van der Waals surface area contributed by atoms with Gasteiger partial charge in [0.2, 0.25) is 11.9 Å². The number of aromatic nitrogens is 6. The fraction of sp³-hybridized carbons (Fsp3) is 0.500. The molecule has 0 amide bonds. The van der Waals surface area contributed by atoms with Gasteiger partial charge in [0.15, 0.2) is 23.8 Å². The Balaban J connectivity index is 1.06. The quantitative estimate of drug-likeness (QED) is 0.0665. The molecule has 4 aromatic heterocycles. The maximum absolute atomic E-state index is 12.6. The van der Waals surface area contributed by atoms with Crippen molar-refractivity contribution in [3.05, 3.63) is 44.7 Å². The van der Waals surface area contributed by atoms with Crippen LogP contribution in [0.3, 0.4) is 0 Å².